The van der Waals surface area contributed by atoms with Gasteiger partial charge in [0.1, 0.15) is 5.82 Å². The van der Waals surface area contributed by atoms with E-state index in [2.05, 4.69) is 41.5 Å². The van der Waals surface area contributed by atoms with Crippen LogP contribution in [0.3, 0.4) is 0 Å². The Hall–Kier alpha value is -2.02. The Bertz CT molecular complexity index is 1070. The van der Waals surface area contributed by atoms with Gasteiger partial charge < -0.3 is 10.4 Å². The topological polar surface area (TPSA) is 92.9 Å². The van der Waals surface area contributed by atoms with Crippen molar-refractivity contribution in [2.45, 2.75) is 33.2 Å². The summed E-state index contributed by atoms with van der Waals surface area (Å²) in [6.45, 7) is 5.56. The smallest absolute Gasteiger partial charge is 0.305 e. The van der Waals surface area contributed by atoms with Crippen LogP contribution >= 0.6 is 30.3 Å². The molecule has 1 atom stereocenters. The predicted molar refractivity (Wildman–Crippen MR) is 117 cm³/mol. The van der Waals surface area contributed by atoms with E-state index in [4.69, 9.17) is 0 Å². The summed E-state index contributed by atoms with van der Waals surface area (Å²) in [5.74, 6) is -2.15. The molecule has 3 heterocycles. The van der Waals surface area contributed by atoms with Crippen molar-refractivity contribution in [3.05, 3.63) is 36.3 Å². The Labute approximate surface area is 182 Å². The van der Waals surface area contributed by atoms with E-state index in [0.29, 0.717) is 16.6 Å². The van der Waals surface area contributed by atoms with Crippen LogP contribution in [-0.2, 0) is 4.79 Å². The van der Waals surface area contributed by atoms with Gasteiger partial charge in [0.15, 0.2) is 23.1 Å². The second kappa shape index (κ2) is 8.38. The molecular weight excluding hydrogens is 515 g/mol. The number of anilines is 1. The van der Waals surface area contributed by atoms with Gasteiger partial charge in [-0.2, -0.15) is 0 Å². The van der Waals surface area contributed by atoms with Crippen LogP contribution in [0.15, 0.2) is 24.7 Å². The van der Waals surface area contributed by atoms with E-state index in [1.165, 1.54) is 15.2 Å². The molecule has 0 aromatic carbocycles. The normalized spacial score (nSPS) is 12.9. The monoisotopic (exact) mass is 533 g/mol. The lowest BCUT2D eigenvalue weighted by atomic mass is 9.85. The lowest BCUT2D eigenvalue weighted by Gasteiger charge is -2.30. The van der Waals surface area contributed by atoms with Gasteiger partial charge in [-0.3, -0.25) is 8.77 Å². The quantitative estimate of drug-likeness (QED) is 0.435. The third-order valence-corrected chi connectivity index (χ3v) is 6.07. The average Bonchev–Trinajstić information content (AvgIpc) is 2.99. The zero-order valence-corrected chi connectivity index (χ0v) is 18.8. The summed E-state index contributed by atoms with van der Waals surface area (Å²) in [5.41, 5.74) is 0.558. The predicted octanol–water partition coefficient (Wildman–Crippen LogP) is 4.92. The van der Waals surface area contributed by atoms with Crippen molar-refractivity contribution in [2.75, 3.05) is 5.32 Å². The summed E-state index contributed by atoms with van der Waals surface area (Å²) in [5, 5.41) is 12.6. The number of aromatic nitrogens is 4. The third kappa shape index (κ3) is 4.77. The molecule has 0 bridgehead atoms. The Balaban J connectivity index is 2.07. The van der Waals surface area contributed by atoms with Gasteiger partial charge in [-0.25, -0.2) is 23.7 Å². The fraction of sp³-hybridized carbons (Fsp3) is 0.333. The van der Waals surface area contributed by atoms with E-state index in [0.717, 1.165) is 12.4 Å². The molecule has 3 aromatic rings. The summed E-state index contributed by atoms with van der Waals surface area (Å²) >= 11 is 2.07. The number of aliphatic carboxylic acids is 1. The number of halogens is 3. The molecule has 0 saturated carbocycles. The van der Waals surface area contributed by atoms with Crippen LogP contribution in [0, 0.1) is 17.0 Å². The number of hydrogen-bond donors (Lipinski definition) is 2. The maximum absolute atomic E-state index is 14.4. The van der Waals surface area contributed by atoms with Crippen LogP contribution in [0.2, 0.25) is 0 Å². The number of hydrogen-bond acceptors (Lipinski definition) is 6. The van der Waals surface area contributed by atoms with Gasteiger partial charge in [-0.15, -0.1) is 0 Å². The molecule has 11 heteroatoms. The van der Waals surface area contributed by atoms with Crippen LogP contribution in [0.25, 0.3) is 22.4 Å². The third-order valence-electron chi connectivity index (χ3n) is 4.37. The van der Waals surface area contributed by atoms with Gasteiger partial charge in [0.05, 0.1) is 18.8 Å². The van der Waals surface area contributed by atoms with Gasteiger partial charge in [-0.1, -0.05) is 20.8 Å². The van der Waals surface area contributed by atoms with Crippen molar-refractivity contribution < 1.29 is 18.7 Å². The molecule has 154 valence electrons. The summed E-state index contributed by atoms with van der Waals surface area (Å²) in [6, 6.07) is 0.756. The molecule has 0 saturated heterocycles. The first-order valence-electron chi connectivity index (χ1n) is 8.57. The summed E-state index contributed by atoms with van der Waals surface area (Å²) in [6.07, 6.45) is 3.62. The maximum atomic E-state index is 14.4. The van der Waals surface area contributed by atoms with Crippen molar-refractivity contribution in [1.29, 1.82) is 0 Å². The zero-order valence-electron chi connectivity index (χ0n) is 15.8. The van der Waals surface area contributed by atoms with Crippen LogP contribution in [0.4, 0.5) is 14.6 Å². The Morgan fingerprint density at radius 2 is 2.07 bits per heavy atom. The highest BCUT2D eigenvalue weighted by Crippen LogP contribution is 2.33. The van der Waals surface area contributed by atoms with Crippen LogP contribution < -0.4 is 5.32 Å². The van der Waals surface area contributed by atoms with E-state index < -0.39 is 29.1 Å². The number of carboxylic acids is 1. The highest BCUT2D eigenvalue weighted by Gasteiger charge is 2.28. The van der Waals surface area contributed by atoms with Crippen molar-refractivity contribution in [3.8, 4) is 11.4 Å². The number of rotatable bonds is 6. The molecule has 2 N–H and O–H groups in total. The summed E-state index contributed by atoms with van der Waals surface area (Å²) < 4.78 is 29.9. The molecular formula is C18H18F2IN5O2S. The molecule has 0 unspecified atom stereocenters. The maximum Gasteiger partial charge on any atom is 0.305 e. The Kier molecular flexibility index (Phi) is 6.27. The highest BCUT2D eigenvalue weighted by molar-refractivity contribution is 14.2. The first-order valence-corrected chi connectivity index (χ1v) is 11.9. The largest absolute Gasteiger partial charge is 0.481 e. The fourth-order valence-electron chi connectivity index (χ4n) is 2.80. The molecule has 3 aromatic heterocycles. The lowest BCUT2D eigenvalue weighted by Crippen LogP contribution is -2.36. The molecule has 0 aliphatic rings. The van der Waals surface area contributed by atoms with E-state index >= 15 is 0 Å². The first-order chi connectivity index (χ1) is 13.6. The molecule has 0 aliphatic heterocycles. The molecule has 0 spiro atoms. The van der Waals surface area contributed by atoms with E-state index in [1.54, 1.807) is 10.2 Å². The van der Waals surface area contributed by atoms with Gasteiger partial charge >= 0.3 is 5.97 Å². The molecule has 3 rings (SSSR count). The number of nitrogens with zero attached hydrogens (tertiary/aromatic N) is 4. The average molecular weight is 533 g/mol. The van der Waals surface area contributed by atoms with Crippen molar-refractivity contribution in [2.24, 2.45) is 5.41 Å². The van der Waals surface area contributed by atoms with E-state index in [1.807, 2.05) is 20.8 Å². The second-order valence-corrected chi connectivity index (χ2v) is 9.23. The number of pyridine rings is 1. The first kappa shape index (κ1) is 21.7. The van der Waals surface area contributed by atoms with E-state index in [9.17, 15) is 18.7 Å². The van der Waals surface area contributed by atoms with Gasteiger partial charge in [0.2, 0.25) is 0 Å². The van der Waals surface area contributed by atoms with Gasteiger partial charge in [0, 0.05) is 53.5 Å². The van der Waals surface area contributed by atoms with Crippen molar-refractivity contribution in [1.82, 2.24) is 18.9 Å². The van der Waals surface area contributed by atoms with Crippen molar-refractivity contribution >= 4 is 53.1 Å². The minimum atomic E-state index is -1.00. The zero-order chi connectivity index (χ0) is 21.3. The molecule has 0 fully saturated rings. The van der Waals surface area contributed by atoms with Crippen molar-refractivity contribution in [3.63, 3.8) is 0 Å². The molecule has 0 aliphatic carbocycles. The molecule has 0 amide bonds. The number of carboxylic acid groups (broad SMARTS) is 1. The minimum absolute atomic E-state index is 0.108. The number of nitrogens with one attached hydrogen (secondary N) is 1. The van der Waals surface area contributed by atoms with Crippen LogP contribution in [-0.4, -0.2) is 36.0 Å². The minimum Gasteiger partial charge on any atom is -0.481 e. The summed E-state index contributed by atoms with van der Waals surface area (Å²) in [4.78, 5) is 23.6. The Morgan fingerprint density at radius 3 is 2.69 bits per heavy atom. The second-order valence-electron chi connectivity index (χ2n) is 7.51. The molecule has 7 nitrogen and oxygen atoms in total. The van der Waals surface area contributed by atoms with Crippen LogP contribution in [0.1, 0.15) is 27.2 Å². The Morgan fingerprint density at radius 1 is 1.34 bits per heavy atom. The molecule has 29 heavy (non-hydrogen) atoms. The highest BCUT2D eigenvalue weighted by atomic mass is 127. The summed E-state index contributed by atoms with van der Waals surface area (Å²) in [7, 11) is 1.34. The molecule has 0 radical (unpaired) electrons. The SMILES string of the molecule is CC(C)(C)[C@@H](CC(=O)O)Nc1nc(-c2cn(SI)c3ncc(F)cc23)ncc1F. The standard InChI is InChI=1S/C18H18F2IN5O2S/c1-18(2,3)13(5-14(27)28)24-16-12(20)7-22-15(25-16)11-8-26(29-21)17-10(11)4-9(19)6-23-17/h4,6-8,13H,5H2,1-3H3,(H,27,28)(H,22,24,25)/t13-/m1/s1. The number of fused-ring (bicyclic) bond motifs is 1. The number of carbonyl (C=O) groups is 1. The van der Waals surface area contributed by atoms with Gasteiger partial charge in [-0.05, 0) is 11.5 Å². The van der Waals surface area contributed by atoms with Gasteiger partial charge in [0.25, 0.3) is 0 Å². The van der Waals surface area contributed by atoms with Crippen LogP contribution in [0.5, 0.6) is 0 Å². The lowest BCUT2D eigenvalue weighted by molar-refractivity contribution is -0.137. The van der Waals surface area contributed by atoms with E-state index in [-0.39, 0.29) is 18.1 Å². The fourth-order valence-corrected chi connectivity index (χ4v) is 4.05.